The molecule has 174 valence electrons. The normalized spacial score (nSPS) is 15.3. The summed E-state index contributed by atoms with van der Waals surface area (Å²) in [5.41, 5.74) is 3.46. The molecule has 1 amide bonds. The number of hydrogen-bond donors (Lipinski definition) is 2. The molecule has 1 aliphatic rings. The average molecular weight is 480 g/mol. The molecule has 34 heavy (non-hydrogen) atoms. The lowest BCUT2D eigenvalue weighted by molar-refractivity contribution is 0.0696. The molecule has 0 fully saturated rings. The molecule has 2 N–H and O–H groups in total. The number of carboxylic acids is 1. The molecular weight excluding hydrogens is 458 g/mol. The van der Waals surface area contributed by atoms with E-state index in [1.54, 1.807) is 25.2 Å². The summed E-state index contributed by atoms with van der Waals surface area (Å²) in [6.45, 7) is 2.40. The Balaban J connectivity index is 1.40. The van der Waals surface area contributed by atoms with Gasteiger partial charge in [-0.25, -0.2) is 18.8 Å². The number of fused-ring (bicyclic) bond motifs is 3. The molecule has 3 heterocycles. The molecular formula is C24H22ClN5O4. The molecule has 0 saturated heterocycles. The van der Waals surface area contributed by atoms with Gasteiger partial charge in [0.25, 0.3) is 5.91 Å². The van der Waals surface area contributed by atoms with Crippen molar-refractivity contribution < 1.29 is 14.7 Å². The van der Waals surface area contributed by atoms with E-state index in [4.69, 9.17) is 11.6 Å². The summed E-state index contributed by atoms with van der Waals surface area (Å²) < 4.78 is 4.54. The van der Waals surface area contributed by atoms with Crippen LogP contribution in [-0.4, -0.2) is 41.9 Å². The number of benzene rings is 2. The Hall–Kier alpha value is -3.85. The second kappa shape index (κ2) is 8.18. The van der Waals surface area contributed by atoms with Crippen LogP contribution in [0.15, 0.2) is 47.5 Å². The second-order valence-electron chi connectivity index (χ2n) is 8.54. The Morgan fingerprint density at radius 1 is 1.21 bits per heavy atom. The van der Waals surface area contributed by atoms with Gasteiger partial charge < -0.3 is 15.0 Å². The van der Waals surface area contributed by atoms with Gasteiger partial charge in [-0.05, 0) is 50.1 Å². The molecule has 0 radical (unpaired) electrons. The molecule has 0 saturated carbocycles. The van der Waals surface area contributed by atoms with E-state index in [0.29, 0.717) is 36.2 Å². The minimum atomic E-state index is -0.938. The van der Waals surface area contributed by atoms with Crippen molar-refractivity contribution in [3.63, 3.8) is 0 Å². The number of nitrogens with one attached hydrogen (secondary N) is 1. The number of hydrogen-bond acceptors (Lipinski definition) is 4. The summed E-state index contributed by atoms with van der Waals surface area (Å²) in [6.07, 6.45) is 2.54. The van der Waals surface area contributed by atoms with Gasteiger partial charge in [-0.15, -0.1) is 0 Å². The SMILES string of the molecule is Cc1ccc2c(c1)c(C(=O)O)c1n2CC(NC(=O)c2ccc(-n3cnn(C)c3=O)cc2Cl)CC1. The summed E-state index contributed by atoms with van der Waals surface area (Å²) in [5.74, 6) is -1.26. The number of carbonyl (C=O) groups excluding carboxylic acids is 1. The first-order chi connectivity index (χ1) is 16.2. The highest BCUT2D eigenvalue weighted by molar-refractivity contribution is 6.34. The summed E-state index contributed by atoms with van der Waals surface area (Å²) in [7, 11) is 1.55. The monoisotopic (exact) mass is 479 g/mol. The number of aryl methyl sites for hydroxylation is 2. The minimum absolute atomic E-state index is 0.185. The van der Waals surface area contributed by atoms with Crippen LogP contribution in [0, 0.1) is 6.92 Å². The van der Waals surface area contributed by atoms with Crippen molar-refractivity contribution in [1.82, 2.24) is 24.2 Å². The van der Waals surface area contributed by atoms with E-state index in [-0.39, 0.29) is 22.7 Å². The van der Waals surface area contributed by atoms with Crippen LogP contribution in [0.25, 0.3) is 16.6 Å². The highest BCUT2D eigenvalue weighted by Crippen LogP contribution is 2.32. The molecule has 4 aromatic rings. The summed E-state index contributed by atoms with van der Waals surface area (Å²) in [5, 5.41) is 17.7. The largest absolute Gasteiger partial charge is 0.478 e. The molecule has 9 nitrogen and oxygen atoms in total. The van der Waals surface area contributed by atoms with E-state index >= 15 is 0 Å². The molecule has 1 atom stereocenters. The summed E-state index contributed by atoms with van der Waals surface area (Å²) >= 11 is 6.39. The molecule has 0 spiro atoms. The third kappa shape index (κ3) is 3.58. The third-order valence-corrected chi connectivity index (χ3v) is 6.62. The fourth-order valence-electron chi connectivity index (χ4n) is 4.63. The minimum Gasteiger partial charge on any atom is -0.478 e. The fourth-order valence-corrected chi connectivity index (χ4v) is 4.89. The number of carbonyl (C=O) groups is 2. The smallest absolute Gasteiger partial charge is 0.350 e. The van der Waals surface area contributed by atoms with Crippen LogP contribution in [0.1, 0.15) is 38.4 Å². The van der Waals surface area contributed by atoms with E-state index in [1.807, 2.05) is 29.7 Å². The summed E-state index contributed by atoms with van der Waals surface area (Å²) in [4.78, 5) is 37.1. The van der Waals surface area contributed by atoms with Gasteiger partial charge in [-0.1, -0.05) is 23.2 Å². The number of carboxylic acid groups (broad SMARTS) is 1. The van der Waals surface area contributed by atoms with E-state index < -0.39 is 5.97 Å². The maximum Gasteiger partial charge on any atom is 0.350 e. The maximum atomic E-state index is 13.0. The van der Waals surface area contributed by atoms with Crippen molar-refractivity contribution in [1.29, 1.82) is 0 Å². The van der Waals surface area contributed by atoms with E-state index in [0.717, 1.165) is 22.2 Å². The van der Waals surface area contributed by atoms with Gasteiger partial charge in [0.05, 0.1) is 21.8 Å². The average Bonchev–Trinajstić information content (AvgIpc) is 3.29. The predicted molar refractivity (Wildman–Crippen MR) is 127 cm³/mol. The molecule has 2 aromatic heterocycles. The number of halogens is 1. The lowest BCUT2D eigenvalue weighted by atomic mass is 10.0. The van der Waals surface area contributed by atoms with Crippen LogP contribution in [0.5, 0.6) is 0 Å². The van der Waals surface area contributed by atoms with Crippen molar-refractivity contribution >= 4 is 34.4 Å². The van der Waals surface area contributed by atoms with E-state index in [9.17, 15) is 19.5 Å². The lowest BCUT2D eigenvalue weighted by Crippen LogP contribution is -2.41. The highest BCUT2D eigenvalue weighted by Gasteiger charge is 2.29. The van der Waals surface area contributed by atoms with Crippen molar-refractivity contribution in [3.05, 3.63) is 80.6 Å². The fraction of sp³-hybridized carbons (Fsp3) is 0.250. The van der Waals surface area contributed by atoms with Gasteiger partial charge in [-0.3, -0.25) is 4.79 Å². The molecule has 10 heteroatoms. The lowest BCUT2D eigenvalue weighted by Gasteiger charge is -2.27. The van der Waals surface area contributed by atoms with Crippen LogP contribution < -0.4 is 11.0 Å². The highest BCUT2D eigenvalue weighted by atomic mass is 35.5. The quantitative estimate of drug-likeness (QED) is 0.467. The number of aromatic nitrogens is 4. The van der Waals surface area contributed by atoms with Gasteiger partial charge in [0.2, 0.25) is 0 Å². The molecule has 5 rings (SSSR count). The Labute approximate surface area is 199 Å². The molecule has 0 aliphatic carbocycles. The topological polar surface area (TPSA) is 111 Å². The molecule has 1 unspecified atom stereocenters. The van der Waals surface area contributed by atoms with Crippen LogP contribution in [-0.2, 0) is 20.0 Å². The Morgan fingerprint density at radius 2 is 2.00 bits per heavy atom. The molecule has 2 aromatic carbocycles. The van der Waals surface area contributed by atoms with Crippen LogP contribution >= 0.6 is 11.6 Å². The van der Waals surface area contributed by atoms with Crippen molar-refractivity contribution in [3.8, 4) is 5.69 Å². The van der Waals surface area contributed by atoms with Gasteiger partial charge in [0.15, 0.2) is 0 Å². The first-order valence-corrected chi connectivity index (χ1v) is 11.2. The second-order valence-corrected chi connectivity index (χ2v) is 8.95. The van der Waals surface area contributed by atoms with E-state index in [2.05, 4.69) is 10.4 Å². The Kier molecular flexibility index (Phi) is 5.28. The van der Waals surface area contributed by atoms with Crippen molar-refractivity contribution in [2.75, 3.05) is 0 Å². The zero-order valence-corrected chi connectivity index (χ0v) is 19.3. The summed E-state index contributed by atoms with van der Waals surface area (Å²) in [6, 6.07) is 10.4. The van der Waals surface area contributed by atoms with Crippen LogP contribution in [0.3, 0.4) is 0 Å². The van der Waals surface area contributed by atoms with Crippen LogP contribution in [0.2, 0.25) is 5.02 Å². The maximum absolute atomic E-state index is 13.0. The first kappa shape index (κ1) is 22.0. The number of amides is 1. The van der Waals surface area contributed by atoms with Crippen molar-refractivity contribution in [2.45, 2.75) is 32.4 Å². The standard InChI is InChI=1S/C24H22ClN5O4/c1-13-3-7-19-17(9-13)21(23(32)33)20-8-4-14(11-29(19)20)27-22(31)16-6-5-15(10-18(16)25)30-12-26-28(2)24(30)34/h3,5-7,9-10,12,14H,4,8,11H2,1-2H3,(H,27,31)(H,32,33). The van der Waals surface area contributed by atoms with Crippen molar-refractivity contribution in [2.24, 2.45) is 7.05 Å². The first-order valence-electron chi connectivity index (χ1n) is 10.8. The van der Waals surface area contributed by atoms with Gasteiger partial charge in [-0.2, -0.15) is 5.10 Å². The van der Waals surface area contributed by atoms with Gasteiger partial charge in [0.1, 0.15) is 6.33 Å². The number of aromatic carboxylic acids is 1. The van der Waals surface area contributed by atoms with Gasteiger partial charge >= 0.3 is 11.7 Å². The number of rotatable bonds is 4. The Bertz CT molecular complexity index is 1530. The van der Waals surface area contributed by atoms with E-state index in [1.165, 1.54) is 15.6 Å². The zero-order chi connectivity index (χ0) is 24.1. The van der Waals surface area contributed by atoms with Crippen LogP contribution in [0.4, 0.5) is 0 Å². The molecule has 1 aliphatic heterocycles. The number of nitrogens with zero attached hydrogens (tertiary/aromatic N) is 4. The molecule has 0 bridgehead atoms. The predicted octanol–water partition coefficient (Wildman–Crippen LogP) is 2.93. The third-order valence-electron chi connectivity index (χ3n) is 6.31. The van der Waals surface area contributed by atoms with Gasteiger partial charge in [0, 0.05) is 36.2 Å². The zero-order valence-electron chi connectivity index (χ0n) is 18.6. The Morgan fingerprint density at radius 3 is 2.68 bits per heavy atom.